The molecule has 5 nitrogen and oxygen atoms in total. The summed E-state index contributed by atoms with van der Waals surface area (Å²) in [6.45, 7) is 1.83. The second-order valence-corrected chi connectivity index (χ2v) is 6.21. The third kappa shape index (κ3) is 3.83. The molecule has 0 radical (unpaired) electrons. The number of urea groups is 1. The quantitative estimate of drug-likeness (QED) is 0.655. The van der Waals surface area contributed by atoms with Crippen molar-refractivity contribution in [2.24, 2.45) is 5.41 Å². The zero-order chi connectivity index (χ0) is 13.8. The molecular weight excluding hydrogens is 244 g/mol. The molecular formula is C14H26N2O3. The Morgan fingerprint density at radius 3 is 2.26 bits per heavy atom. The molecule has 0 atom stereocenters. The van der Waals surface area contributed by atoms with Gasteiger partial charge in [0.1, 0.15) is 0 Å². The lowest BCUT2D eigenvalue weighted by molar-refractivity contribution is -0.0291. The van der Waals surface area contributed by atoms with Gasteiger partial charge in [-0.05, 0) is 43.9 Å². The number of rotatable bonds is 7. The lowest BCUT2D eigenvalue weighted by Crippen LogP contribution is -2.52. The molecule has 2 aliphatic carbocycles. The maximum absolute atomic E-state index is 11.7. The van der Waals surface area contributed by atoms with Crippen molar-refractivity contribution >= 4 is 6.03 Å². The zero-order valence-corrected chi connectivity index (χ0v) is 11.8. The van der Waals surface area contributed by atoms with Crippen LogP contribution >= 0.6 is 0 Å². The van der Waals surface area contributed by atoms with E-state index in [1.807, 2.05) is 0 Å². The van der Waals surface area contributed by atoms with Crippen LogP contribution in [0, 0.1) is 5.41 Å². The number of ether oxygens (including phenoxy) is 1. The predicted molar refractivity (Wildman–Crippen MR) is 73.0 cm³/mol. The van der Waals surface area contributed by atoms with E-state index in [4.69, 9.17) is 4.74 Å². The van der Waals surface area contributed by atoms with Gasteiger partial charge in [0.15, 0.2) is 0 Å². The van der Waals surface area contributed by atoms with Crippen LogP contribution in [0.1, 0.15) is 44.9 Å². The number of nitrogens with one attached hydrogen (secondary N) is 2. The van der Waals surface area contributed by atoms with E-state index in [2.05, 4.69) is 10.6 Å². The smallest absolute Gasteiger partial charge is 0.314 e. The van der Waals surface area contributed by atoms with Crippen LogP contribution in [0.25, 0.3) is 0 Å². The average molecular weight is 270 g/mol. The summed E-state index contributed by atoms with van der Waals surface area (Å²) in [6, 6.07) is -0.163. The summed E-state index contributed by atoms with van der Waals surface area (Å²) in [4.78, 5) is 11.7. The van der Waals surface area contributed by atoms with E-state index in [-0.39, 0.29) is 11.4 Å². The Bertz CT molecular complexity index is 312. The topological polar surface area (TPSA) is 70.6 Å². The van der Waals surface area contributed by atoms with Crippen LogP contribution in [0.15, 0.2) is 0 Å². The summed E-state index contributed by atoms with van der Waals surface area (Å²) in [5.41, 5.74) is -0.414. The van der Waals surface area contributed by atoms with Crippen molar-refractivity contribution in [1.29, 1.82) is 0 Å². The van der Waals surface area contributed by atoms with E-state index in [0.29, 0.717) is 13.1 Å². The SMILES string of the molecule is COCCC1(CNC(=O)NCC2(O)CCC2)CCC1. The first-order valence-electron chi connectivity index (χ1n) is 7.31. The fourth-order valence-electron chi connectivity index (χ4n) is 2.85. The van der Waals surface area contributed by atoms with Gasteiger partial charge >= 0.3 is 6.03 Å². The second kappa shape index (κ2) is 6.09. The molecule has 5 heteroatoms. The molecule has 3 N–H and O–H groups in total. The lowest BCUT2D eigenvalue weighted by Gasteiger charge is -2.42. The first kappa shape index (κ1) is 14.6. The molecule has 2 amide bonds. The molecule has 0 spiro atoms. The highest BCUT2D eigenvalue weighted by Gasteiger charge is 2.37. The first-order chi connectivity index (χ1) is 9.08. The maximum atomic E-state index is 11.7. The van der Waals surface area contributed by atoms with Crippen LogP contribution in [0.3, 0.4) is 0 Å². The van der Waals surface area contributed by atoms with Crippen LogP contribution in [-0.2, 0) is 4.74 Å². The molecule has 19 heavy (non-hydrogen) atoms. The Balaban J connectivity index is 1.64. The van der Waals surface area contributed by atoms with Gasteiger partial charge in [0, 0.05) is 26.8 Å². The minimum Gasteiger partial charge on any atom is -0.388 e. The largest absolute Gasteiger partial charge is 0.388 e. The molecule has 0 aromatic carbocycles. The predicted octanol–water partition coefficient (Wildman–Crippen LogP) is 1.41. The van der Waals surface area contributed by atoms with Crippen LogP contribution in [0.2, 0.25) is 0 Å². The van der Waals surface area contributed by atoms with Gasteiger partial charge in [-0.15, -0.1) is 0 Å². The molecule has 2 saturated carbocycles. The van der Waals surface area contributed by atoms with Crippen LogP contribution in [-0.4, -0.2) is 43.5 Å². The molecule has 2 aliphatic rings. The number of hydrogen-bond donors (Lipinski definition) is 3. The fraction of sp³-hybridized carbons (Fsp3) is 0.929. The summed E-state index contributed by atoms with van der Waals surface area (Å²) in [5, 5.41) is 15.6. The van der Waals surface area contributed by atoms with Gasteiger partial charge in [0.05, 0.1) is 5.60 Å². The van der Waals surface area contributed by atoms with Crippen molar-refractivity contribution in [3.63, 3.8) is 0 Å². The Hall–Kier alpha value is -0.810. The number of amides is 2. The third-order valence-corrected chi connectivity index (χ3v) is 4.74. The number of hydrogen-bond acceptors (Lipinski definition) is 3. The van der Waals surface area contributed by atoms with Crippen LogP contribution in [0.4, 0.5) is 4.79 Å². The summed E-state index contributed by atoms with van der Waals surface area (Å²) < 4.78 is 5.13. The summed E-state index contributed by atoms with van der Waals surface area (Å²) in [5.74, 6) is 0. The van der Waals surface area contributed by atoms with Crippen LogP contribution in [0.5, 0.6) is 0 Å². The van der Waals surface area contributed by atoms with E-state index in [0.717, 1.165) is 32.3 Å². The highest BCUT2D eigenvalue weighted by atomic mass is 16.5. The van der Waals surface area contributed by atoms with Gasteiger partial charge in [0.25, 0.3) is 0 Å². The average Bonchev–Trinajstić information content (AvgIpc) is 2.32. The number of methoxy groups -OCH3 is 1. The van der Waals surface area contributed by atoms with Crippen molar-refractivity contribution in [2.75, 3.05) is 26.8 Å². The van der Waals surface area contributed by atoms with E-state index in [9.17, 15) is 9.90 Å². The van der Waals surface area contributed by atoms with E-state index < -0.39 is 5.60 Å². The molecule has 0 saturated heterocycles. The summed E-state index contributed by atoms with van der Waals surface area (Å²) in [7, 11) is 1.71. The zero-order valence-electron chi connectivity index (χ0n) is 11.8. The normalized spacial score (nSPS) is 23.1. The molecule has 2 rings (SSSR count). The van der Waals surface area contributed by atoms with Gasteiger partial charge < -0.3 is 20.5 Å². The van der Waals surface area contributed by atoms with Crippen molar-refractivity contribution in [3.8, 4) is 0 Å². The van der Waals surface area contributed by atoms with Crippen molar-refractivity contribution in [3.05, 3.63) is 0 Å². The molecule has 0 aliphatic heterocycles. The highest BCUT2D eigenvalue weighted by Crippen LogP contribution is 2.43. The van der Waals surface area contributed by atoms with E-state index in [1.54, 1.807) is 7.11 Å². The molecule has 0 aromatic rings. The maximum Gasteiger partial charge on any atom is 0.314 e. The number of carbonyl (C=O) groups excluding carboxylic acids is 1. The van der Waals surface area contributed by atoms with Gasteiger partial charge in [-0.2, -0.15) is 0 Å². The summed E-state index contributed by atoms with van der Waals surface area (Å²) >= 11 is 0. The number of carbonyl (C=O) groups is 1. The van der Waals surface area contributed by atoms with E-state index in [1.165, 1.54) is 19.3 Å². The molecule has 0 heterocycles. The third-order valence-electron chi connectivity index (χ3n) is 4.74. The van der Waals surface area contributed by atoms with Crippen LogP contribution < -0.4 is 10.6 Å². The molecule has 0 aromatic heterocycles. The lowest BCUT2D eigenvalue weighted by atomic mass is 9.67. The Kier molecular flexibility index (Phi) is 4.68. The highest BCUT2D eigenvalue weighted by molar-refractivity contribution is 5.74. The van der Waals surface area contributed by atoms with Crippen molar-refractivity contribution in [2.45, 2.75) is 50.5 Å². The van der Waals surface area contributed by atoms with E-state index >= 15 is 0 Å². The van der Waals surface area contributed by atoms with Crippen molar-refractivity contribution < 1.29 is 14.6 Å². The molecule has 0 bridgehead atoms. The summed E-state index contributed by atoms with van der Waals surface area (Å²) in [6.07, 6.45) is 7.23. The first-order valence-corrected chi connectivity index (χ1v) is 7.31. The molecule has 2 fully saturated rings. The van der Waals surface area contributed by atoms with Gasteiger partial charge in [-0.25, -0.2) is 4.79 Å². The minimum absolute atomic E-state index is 0.163. The standard InChI is InChI=1S/C14H26N2O3/c1-19-9-8-13(4-2-5-13)10-15-12(17)16-11-14(18)6-3-7-14/h18H,2-11H2,1H3,(H2,15,16,17). The van der Waals surface area contributed by atoms with Gasteiger partial charge in [0.2, 0.25) is 0 Å². The van der Waals surface area contributed by atoms with Gasteiger partial charge in [-0.1, -0.05) is 6.42 Å². The Labute approximate surface area is 115 Å². The number of aliphatic hydroxyl groups is 1. The Morgan fingerprint density at radius 2 is 1.79 bits per heavy atom. The monoisotopic (exact) mass is 270 g/mol. The fourth-order valence-corrected chi connectivity index (χ4v) is 2.85. The van der Waals surface area contributed by atoms with Crippen molar-refractivity contribution in [1.82, 2.24) is 10.6 Å². The second-order valence-electron chi connectivity index (χ2n) is 6.21. The van der Waals surface area contributed by atoms with Gasteiger partial charge in [-0.3, -0.25) is 0 Å². The molecule has 110 valence electrons. The molecule has 0 unspecified atom stereocenters. The Morgan fingerprint density at radius 1 is 1.16 bits per heavy atom. The minimum atomic E-state index is -0.651.